The predicted octanol–water partition coefficient (Wildman–Crippen LogP) is 8.36. The molecule has 286 valence electrons. The number of carbonyl (C=O) groups is 1. The molecule has 10 heteroatoms. The van der Waals surface area contributed by atoms with Crippen molar-refractivity contribution in [3.63, 3.8) is 0 Å². The van der Waals surface area contributed by atoms with Crippen LogP contribution in [0.1, 0.15) is 168 Å². The number of nitrogens with one attached hydrogen (secondary N) is 1. The Morgan fingerprint density at radius 2 is 1.19 bits per heavy atom. The van der Waals surface area contributed by atoms with Crippen LogP contribution in [-0.4, -0.2) is 79.8 Å². The fourth-order valence-corrected chi connectivity index (χ4v) is 6.33. The van der Waals surface area contributed by atoms with Crippen molar-refractivity contribution in [1.82, 2.24) is 5.32 Å². The summed E-state index contributed by atoms with van der Waals surface area (Å²) >= 11 is 0. The van der Waals surface area contributed by atoms with Gasteiger partial charge in [-0.15, -0.1) is 0 Å². The van der Waals surface area contributed by atoms with Crippen LogP contribution in [0.25, 0.3) is 0 Å². The molecule has 0 aliphatic rings. The van der Waals surface area contributed by atoms with Gasteiger partial charge in [0.1, 0.15) is 19.3 Å². The second-order valence-electron chi connectivity index (χ2n) is 14.8. The highest BCUT2D eigenvalue weighted by Gasteiger charge is 2.29. The molecule has 0 bridgehead atoms. The third kappa shape index (κ3) is 31.2. The van der Waals surface area contributed by atoms with E-state index in [1.807, 2.05) is 21.1 Å². The zero-order valence-corrected chi connectivity index (χ0v) is 32.7. The van der Waals surface area contributed by atoms with Crippen LogP contribution in [0.3, 0.4) is 0 Å². The van der Waals surface area contributed by atoms with E-state index in [9.17, 15) is 24.5 Å². The van der Waals surface area contributed by atoms with E-state index < -0.39 is 32.7 Å². The SMILES string of the molecule is CCCCCCCCC/C=C/CCCC(O)C(O)C(COP(=O)([O-])OCC[N+](C)(C)C)NC(=O)CCCCCCCCCCCCCC. The van der Waals surface area contributed by atoms with Crippen LogP contribution >= 0.6 is 7.82 Å². The molecule has 0 spiro atoms. The smallest absolute Gasteiger partial charge is 0.268 e. The summed E-state index contributed by atoms with van der Waals surface area (Å²) in [5, 5.41) is 24.4. The molecule has 4 unspecified atom stereocenters. The molecule has 0 radical (unpaired) electrons. The van der Waals surface area contributed by atoms with Gasteiger partial charge < -0.3 is 34.0 Å². The van der Waals surface area contributed by atoms with Crippen LogP contribution in [0.4, 0.5) is 0 Å². The van der Waals surface area contributed by atoms with E-state index in [-0.39, 0.29) is 18.9 Å². The standard InChI is InChI=1S/C38H77N2O7P/c1-6-8-10-12-14-16-18-20-22-24-26-28-30-36(41)38(43)35(34-47-48(44,45)46-33-32-40(3,4)5)39-37(42)31-29-27-25-23-21-19-17-15-13-11-9-7-2/h22,24,35-36,38,41,43H,6-21,23,25-34H2,1-5H3,(H-,39,42,44,45)/b24-22+. The van der Waals surface area contributed by atoms with Crippen LogP contribution < -0.4 is 10.2 Å². The first-order valence-corrected chi connectivity index (χ1v) is 21.1. The number of hydrogen-bond acceptors (Lipinski definition) is 7. The van der Waals surface area contributed by atoms with E-state index in [1.165, 1.54) is 103 Å². The lowest BCUT2D eigenvalue weighted by atomic mass is 10.0. The normalized spacial score (nSPS) is 15.4. The molecule has 3 N–H and O–H groups in total. The zero-order valence-electron chi connectivity index (χ0n) is 31.8. The number of amides is 1. The van der Waals surface area contributed by atoms with Gasteiger partial charge in [0.15, 0.2) is 0 Å². The number of nitrogens with zero attached hydrogens (tertiary/aromatic N) is 1. The Balaban J connectivity index is 4.65. The first-order chi connectivity index (χ1) is 22.9. The van der Waals surface area contributed by atoms with E-state index in [2.05, 4.69) is 31.3 Å². The molecular formula is C38H77N2O7P. The van der Waals surface area contributed by atoms with Gasteiger partial charge in [0.25, 0.3) is 7.82 Å². The number of hydrogen-bond donors (Lipinski definition) is 3. The summed E-state index contributed by atoms with van der Waals surface area (Å²) in [5.74, 6) is -0.290. The van der Waals surface area contributed by atoms with E-state index >= 15 is 0 Å². The maximum Gasteiger partial charge on any atom is 0.268 e. The third-order valence-electron chi connectivity index (χ3n) is 8.85. The van der Waals surface area contributed by atoms with Gasteiger partial charge in [0, 0.05) is 6.42 Å². The Bertz CT molecular complexity index is 821. The van der Waals surface area contributed by atoms with Gasteiger partial charge in [-0.3, -0.25) is 9.36 Å². The number of aliphatic hydroxyl groups excluding tert-OH is 2. The van der Waals surface area contributed by atoms with Gasteiger partial charge in [0.2, 0.25) is 5.91 Å². The molecule has 48 heavy (non-hydrogen) atoms. The van der Waals surface area contributed by atoms with Gasteiger partial charge in [0.05, 0.1) is 39.9 Å². The van der Waals surface area contributed by atoms with Crippen molar-refractivity contribution in [1.29, 1.82) is 0 Å². The highest BCUT2D eigenvalue weighted by atomic mass is 31.2. The molecule has 0 aromatic heterocycles. The lowest BCUT2D eigenvalue weighted by Crippen LogP contribution is -2.51. The maximum absolute atomic E-state index is 12.8. The van der Waals surface area contributed by atoms with E-state index in [0.717, 1.165) is 25.7 Å². The fraction of sp³-hybridized carbons (Fsp3) is 0.921. The number of likely N-dealkylation sites (N-methyl/N-ethyl adjacent to an activating group) is 1. The van der Waals surface area contributed by atoms with Crippen LogP contribution in [0, 0.1) is 0 Å². The summed E-state index contributed by atoms with van der Waals surface area (Å²) in [7, 11) is 1.11. The molecule has 0 aliphatic heterocycles. The monoisotopic (exact) mass is 705 g/mol. The molecule has 9 nitrogen and oxygen atoms in total. The number of aliphatic hydroxyl groups is 2. The average molecular weight is 705 g/mol. The third-order valence-corrected chi connectivity index (χ3v) is 9.81. The lowest BCUT2D eigenvalue weighted by Gasteiger charge is -2.31. The zero-order chi connectivity index (χ0) is 35.9. The Morgan fingerprint density at radius 3 is 1.69 bits per heavy atom. The predicted molar refractivity (Wildman–Crippen MR) is 198 cm³/mol. The summed E-state index contributed by atoms with van der Waals surface area (Å²) in [6.07, 6.45) is 28.2. The van der Waals surface area contributed by atoms with Gasteiger partial charge >= 0.3 is 0 Å². The van der Waals surface area contributed by atoms with Crippen molar-refractivity contribution in [2.24, 2.45) is 0 Å². The number of phosphoric ester groups is 1. The average Bonchev–Trinajstić information content (AvgIpc) is 3.02. The van der Waals surface area contributed by atoms with Crippen molar-refractivity contribution in [2.45, 2.75) is 186 Å². The molecule has 0 fully saturated rings. The van der Waals surface area contributed by atoms with Gasteiger partial charge in [-0.05, 0) is 38.5 Å². The maximum atomic E-state index is 12.8. The topological polar surface area (TPSA) is 128 Å². The second-order valence-corrected chi connectivity index (χ2v) is 16.2. The van der Waals surface area contributed by atoms with Crippen LogP contribution in [0.15, 0.2) is 12.2 Å². The summed E-state index contributed by atoms with van der Waals surface area (Å²) < 4.78 is 23.0. The minimum Gasteiger partial charge on any atom is -0.756 e. The molecular weight excluding hydrogens is 627 g/mol. The number of unbranched alkanes of at least 4 members (excludes halogenated alkanes) is 19. The quantitative estimate of drug-likeness (QED) is 0.0262. The van der Waals surface area contributed by atoms with Crippen molar-refractivity contribution in [3.05, 3.63) is 12.2 Å². The Labute approximate surface area is 295 Å². The molecule has 0 rings (SSSR count). The summed E-state index contributed by atoms with van der Waals surface area (Å²) in [5.41, 5.74) is 0. The van der Waals surface area contributed by atoms with Gasteiger partial charge in [-0.1, -0.05) is 135 Å². The van der Waals surface area contributed by atoms with Crippen molar-refractivity contribution < 1.29 is 38.0 Å². The van der Waals surface area contributed by atoms with Gasteiger partial charge in [-0.25, -0.2) is 0 Å². The number of quaternary nitrogens is 1. The van der Waals surface area contributed by atoms with Crippen molar-refractivity contribution in [3.8, 4) is 0 Å². The lowest BCUT2D eigenvalue weighted by molar-refractivity contribution is -0.870. The Morgan fingerprint density at radius 1 is 0.729 bits per heavy atom. The minimum atomic E-state index is -4.66. The van der Waals surface area contributed by atoms with E-state index in [1.54, 1.807) is 0 Å². The first-order valence-electron chi connectivity index (χ1n) is 19.6. The van der Waals surface area contributed by atoms with E-state index in [4.69, 9.17) is 9.05 Å². The van der Waals surface area contributed by atoms with Crippen LogP contribution in [-0.2, 0) is 18.4 Å². The molecule has 0 saturated carbocycles. The molecule has 0 heterocycles. The fourth-order valence-electron chi connectivity index (χ4n) is 5.61. The summed E-state index contributed by atoms with van der Waals surface area (Å²) in [6.45, 7) is 4.38. The molecule has 0 aromatic rings. The summed E-state index contributed by atoms with van der Waals surface area (Å²) in [4.78, 5) is 25.2. The Kier molecular flexibility index (Phi) is 30.5. The molecule has 1 amide bonds. The van der Waals surface area contributed by atoms with Crippen LogP contribution in [0.2, 0.25) is 0 Å². The Hall–Kier alpha value is -0.800. The van der Waals surface area contributed by atoms with Crippen molar-refractivity contribution >= 4 is 13.7 Å². The molecule has 0 aromatic carbocycles. The highest BCUT2D eigenvalue weighted by molar-refractivity contribution is 7.45. The van der Waals surface area contributed by atoms with Crippen molar-refractivity contribution in [2.75, 3.05) is 40.9 Å². The largest absolute Gasteiger partial charge is 0.756 e. The first kappa shape index (κ1) is 47.2. The minimum absolute atomic E-state index is 0.0437. The molecule has 4 atom stereocenters. The summed E-state index contributed by atoms with van der Waals surface area (Å²) in [6, 6.07) is -1.08. The number of phosphoric acid groups is 1. The molecule has 0 aliphatic carbocycles. The second kappa shape index (κ2) is 31.0. The van der Waals surface area contributed by atoms with Gasteiger partial charge in [-0.2, -0.15) is 0 Å². The molecule has 0 saturated heterocycles. The van der Waals surface area contributed by atoms with E-state index in [0.29, 0.717) is 30.3 Å². The number of allylic oxidation sites excluding steroid dienone is 2. The highest BCUT2D eigenvalue weighted by Crippen LogP contribution is 2.38. The van der Waals surface area contributed by atoms with Crippen LogP contribution in [0.5, 0.6) is 0 Å². The number of carbonyl (C=O) groups excluding carboxylic acids is 1. The number of rotatable bonds is 35.